The molecule has 0 aliphatic carbocycles. The van der Waals surface area contributed by atoms with Gasteiger partial charge in [0.1, 0.15) is 5.82 Å². The molecule has 4 heteroatoms. The van der Waals surface area contributed by atoms with E-state index in [0.29, 0.717) is 6.54 Å². The minimum absolute atomic E-state index is 0.507. The van der Waals surface area contributed by atoms with Crippen LogP contribution in [0.15, 0.2) is 0 Å². The van der Waals surface area contributed by atoms with Crippen LogP contribution in [0.5, 0.6) is 0 Å². The molecule has 1 aromatic rings. The Morgan fingerprint density at radius 3 is 3.18 bits per heavy atom. The first-order chi connectivity index (χ1) is 5.40. The van der Waals surface area contributed by atoms with Crippen molar-refractivity contribution < 1.29 is 0 Å². The molecule has 0 bridgehead atoms. The van der Waals surface area contributed by atoms with Gasteiger partial charge in [-0.2, -0.15) is 0 Å². The van der Waals surface area contributed by atoms with Crippen LogP contribution in [0, 0.1) is 0 Å². The molecule has 4 N–H and O–H groups in total. The molecule has 1 aliphatic rings. The van der Waals surface area contributed by atoms with Gasteiger partial charge in [0.25, 0.3) is 0 Å². The summed E-state index contributed by atoms with van der Waals surface area (Å²) in [4.78, 5) is 7.53. The molecule has 2 rings (SSSR count). The van der Waals surface area contributed by atoms with Crippen molar-refractivity contribution in [3.8, 4) is 0 Å². The second-order valence-corrected chi connectivity index (χ2v) is 2.74. The van der Waals surface area contributed by atoms with Crippen LogP contribution in [-0.2, 0) is 19.5 Å². The number of rotatable bonds is 1. The van der Waals surface area contributed by atoms with Gasteiger partial charge < -0.3 is 16.0 Å². The van der Waals surface area contributed by atoms with E-state index in [1.807, 2.05) is 0 Å². The van der Waals surface area contributed by atoms with Crippen molar-refractivity contribution in [3.63, 3.8) is 0 Å². The van der Waals surface area contributed by atoms with Crippen molar-refractivity contribution in [1.82, 2.24) is 15.3 Å². The van der Waals surface area contributed by atoms with E-state index in [4.69, 9.17) is 5.73 Å². The summed E-state index contributed by atoms with van der Waals surface area (Å²) in [5, 5.41) is 3.27. The SMILES string of the molecule is NCc1nc2c([nH]1)CNCC2. The Labute approximate surface area is 65.2 Å². The van der Waals surface area contributed by atoms with Gasteiger partial charge in [0.15, 0.2) is 0 Å². The smallest absolute Gasteiger partial charge is 0.120 e. The molecular formula is C7H12N4. The highest BCUT2D eigenvalue weighted by molar-refractivity contribution is 5.17. The van der Waals surface area contributed by atoms with Crippen molar-refractivity contribution in [2.24, 2.45) is 5.73 Å². The van der Waals surface area contributed by atoms with Gasteiger partial charge in [-0.25, -0.2) is 4.98 Å². The van der Waals surface area contributed by atoms with Crippen molar-refractivity contribution in [2.75, 3.05) is 6.54 Å². The summed E-state index contributed by atoms with van der Waals surface area (Å²) in [7, 11) is 0. The Hall–Kier alpha value is -0.870. The first-order valence-electron chi connectivity index (χ1n) is 3.87. The third-order valence-electron chi connectivity index (χ3n) is 1.95. The fourth-order valence-electron chi connectivity index (χ4n) is 1.37. The standard InChI is InChI=1S/C7H12N4/c8-3-7-10-5-1-2-9-4-6(5)11-7/h9H,1-4,8H2,(H,10,11). The average Bonchev–Trinajstić information content (AvgIpc) is 2.46. The Kier molecular flexibility index (Phi) is 1.63. The van der Waals surface area contributed by atoms with Gasteiger partial charge in [-0.15, -0.1) is 0 Å². The fraction of sp³-hybridized carbons (Fsp3) is 0.571. The predicted molar refractivity (Wildman–Crippen MR) is 41.9 cm³/mol. The van der Waals surface area contributed by atoms with Gasteiger partial charge in [0, 0.05) is 19.5 Å². The molecule has 11 heavy (non-hydrogen) atoms. The zero-order chi connectivity index (χ0) is 7.68. The van der Waals surface area contributed by atoms with E-state index in [2.05, 4.69) is 15.3 Å². The summed E-state index contributed by atoms with van der Waals surface area (Å²) in [5.74, 6) is 0.902. The lowest BCUT2D eigenvalue weighted by Gasteiger charge is -2.09. The highest BCUT2D eigenvalue weighted by Gasteiger charge is 2.12. The van der Waals surface area contributed by atoms with Crippen LogP contribution in [-0.4, -0.2) is 16.5 Å². The van der Waals surface area contributed by atoms with Crippen LogP contribution < -0.4 is 11.1 Å². The number of fused-ring (bicyclic) bond motifs is 1. The number of aromatic nitrogens is 2. The number of H-pyrrole nitrogens is 1. The molecule has 1 aromatic heterocycles. The molecular weight excluding hydrogens is 140 g/mol. The number of nitrogens with zero attached hydrogens (tertiary/aromatic N) is 1. The third kappa shape index (κ3) is 1.15. The monoisotopic (exact) mass is 152 g/mol. The van der Waals surface area contributed by atoms with Crippen LogP contribution in [0.4, 0.5) is 0 Å². The number of hydrogen-bond donors (Lipinski definition) is 3. The maximum Gasteiger partial charge on any atom is 0.120 e. The molecule has 0 atom stereocenters. The zero-order valence-electron chi connectivity index (χ0n) is 6.35. The fourth-order valence-corrected chi connectivity index (χ4v) is 1.37. The molecule has 0 amide bonds. The Balaban J connectivity index is 2.32. The second kappa shape index (κ2) is 2.64. The topological polar surface area (TPSA) is 66.7 Å². The molecule has 60 valence electrons. The first kappa shape index (κ1) is 6.82. The normalized spacial score (nSPS) is 16.5. The van der Waals surface area contributed by atoms with E-state index in [1.54, 1.807) is 0 Å². The summed E-state index contributed by atoms with van der Waals surface area (Å²) in [6.07, 6.45) is 1.02. The van der Waals surface area contributed by atoms with E-state index < -0.39 is 0 Å². The number of nitrogens with two attached hydrogens (primary N) is 1. The highest BCUT2D eigenvalue weighted by Crippen LogP contribution is 2.09. The lowest BCUT2D eigenvalue weighted by molar-refractivity contribution is 0.627. The minimum Gasteiger partial charge on any atom is -0.344 e. The summed E-state index contributed by atoms with van der Waals surface area (Å²) >= 11 is 0. The van der Waals surface area contributed by atoms with Crippen LogP contribution in [0.2, 0.25) is 0 Å². The number of nitrogens with one attached hydrogen (secondary N) is 2. The van der Waals surface area contributed by atoms with E-state index in [-0.39, 0.29) is 0 Å². The van der Waals surface area contributed by atoms with Gasteiger partial charge in [0.2, 0.25) is 0 Å². The average molecular weight is 152 g/mol. The highest BCUT2D eigenvalue weighted by atomic mass is 15.0. The molecule has 4 nitrogen and oxygen atoms in total. The van der Waals surface area contributed by atoms with E-state index in [9.17, 15) is 0 Å². The lowest BCUT2D eigenvalue weighted by Crippen LogP contribution is -2.23. The van der Waals surface area contributed by atoms with Gasteiger partial charge in [-0.1, -0.05) is 0 Å². The zero-order valence-corrected chi connectivity index (χ0v) is 6.35. The van der Waals surface area contributed by atoms with E-state index in [1.165, 1.54) is 11.4 Å². The molecule has 0 aromatic carbocycles. The summed E-state index contributed by atoms with van der Waals surface area (Å²) in [5.41, 5.74) is 7.84. The molecule has 2 heterocycles. The Morgan fingerprint density at radius 1 is 1.55 bits per heavy atom. The predicted octanol–water partition coefficient (Wildman–Crippen LogP) is -0.486. The number of imidazole rings is 1. The molecule has 0 spiro atoms. The van der Waals surface area contributed by atoms with E-state index in [0.717, 1.165) is 25.3 Å². The molecule has 0 unspecified atom stereocenters. The van der Waals surface area contributed by atoms with Gasteiger partial charge in [0.05, 0.1) is 17.9 Å². The summed E-state index contributed by atoms with van der Waals surface area (Å²) in [6.45, 7) is 2.44. The van der Waals surface area contributed by atoms with Gasteiger partial charge in [-0.3, -0.25) is 0 Å². The lowest BCUT2D eigenvalue weighted by atomic mass is 10.2. The maximum absolute atomic E-state index is 5.45. The Morgan fingerprint density at radius 2 is 2.45 bits per heavy atom. The van der Waals surface area contributed by atoms with Gasteiger partial charge in [-0.05, 0) is 0 Å². The van der Waals surface area contributed by atoms with Crippen LogP contribution in [0.25, 0.3) is 0 Å². The molecule has 0 radical (unpaired) electrons. The van der Waals surface area contributed by atoms with E-state index >= 15 is 0 Å². The quantitative estimate of drug-likeness (QED) is 0.509. The van der Waals surface area contributed by atoms with Crippen LogP contribution >= 0.6 is 0 Å². The molecule has 1 aliphatic heterocycles. The second-order valence-electron chi connectivity index (χ2n) is 2.74. The first-order valence-corrected chi connectivity index (χ1v) is 3.87. The van der Waals surface area contributed by atoms with Crippen molar-refractivity contribution in [2.45, 2.75) is 19.5 Å². The summed E-state index contributed by atoms with van der Waals surface area (Å²) in [6, 6.07) is 0. The third-order valence-corrected chi connectivity index (χ3v) is 1.95. The van der Waals surface area contributed by atoms with Crippen LogP contribution in [0.1, 0.15) is 17.2 Å². The van der Waals surface area contributed by atoms with Crippen molar-refractivity contribution in [1.29, 1.82) is 0 Å². The van der Waals surface area contributed by atoms with Gasteiger partial charge >= 0.3 is 0 Å². The molecule has 0 saturated carbocycles. The van der Waals surface area contributed by atoms with Crippen molar-refractivity contribution >= 4 is 0 Å². The maximum atomic E-state index is 5.45. The van der Waals surface area contributed by atoms with Crippen LogP contribution in [0.3, 0.4) is 0 Å². The molecule has 0 saturated heterocycles. The van der Waals surface area contributed by atoms with Crippen molar-refractivity contribution in [3.05, 3.63) is 17.2 Å². The largest absolute Gasteiger partial charge is 0.344 e. The number of hydrogen-bond acceptors (Lipinski definition) is 3. The minimum atomic E-state index is 0.507. The summed E-state index contributed by atoms with van der Waals surface area (Å²) < 4.78 is 0. The number of aromatic amines is 1. The molecule has 0 fully saturated rings. The Bertz CT molecular complexity index is 229.